The Bertz CT molecular complexity index is 924. The van der Waals surface area contributed by atoms with Gasteiger partial charge in [0.1, 0.15) is 13.1 Å². The van der Waals surface area contributed by atoms with Crippen LogP contribution in [-0.2, 0) is 6.54 Å². The van der Waals surface area contributed by atoms with Crippen molar-refractivity contribution in [3.8, 4) is 0 Å². The van der Waals surface area contributed by atoms with Gasteiger partial charge in [0, 0.05) is 28.2 Å². The molecule has 1 aromatic carbocycles. The molecule has 0 unspecified atom stereocenters. The van der Waals surface area contributed by atoms with E-state index < -0.39 is 12.7 Å². The van der Waals surface area contributed by atoms with Gasteiger partial charge in [0.25, 0.3) is 0 Å². The summed E-state index contributed by atoms with van der Waals surface area (Å²) < 4.78 is 39.5. The van der Waals surface area contributed by atoms with E-state index in [4.69, 9.17) is 0 Å². The monoisotopic (exact) mass is 422 g/mol. The molecule has 0 aliphatic carbocycles. The quantitative estimate of drug-likeness (QED) is 0.728. The Balaban J connectivity index is 1.59. The molecular weight excluding hydrogens is 395 g/mol. The van der Waals surface area contributed by atoms with E-state index in [2.05, 4.69) is 4.90 Å². The minimum atomic E-state index is -4.32. The summed E-state index contributed by atoms with van der Waals surface area (Å²) in [5, 5.41) is 0. The van der Waals surface area contributed by atoms with Crippen LogP contribution in [0.2, 0.25) is 0 Å². The first-order valence-corrected chi connectivity index (χ1v) is 10.0. The standard InChI is InChI=1S/C22H26F3N3O2/c1-15-12-20(16(2)28(15)14-22(23,24)25)21(30)13-26-8-10-27(11-9-26)19-6-4-18(5-7-19)17(3)29/h4-7,12H,8-11,13-14H2,1-3H3/p+1. The van der Waals surface area contributed by atoms with Crippen molar-refractivity contribution in [1.82, 2.24) is 4.57 Å². The lowest BCUT2D eigenvalue weighted by atomic mass is 10.1. The van der Waals surface area contributed by atoms with Crippen molar-refractivity contribution in [3.05, 3.63) is 52.8 Å². The molecule has 2 heterocycles. The van der Waals surface area contributed by atoms with Gasteiger partial charge in [-0.05, 0) is 51.1 Å². The van der Waals surface area contributed by atoms with Crippen molar-refractivity contribution in [3.63, 3.8) is 0 Å². The van der Waals surface area contributed by atoms with Gasteiger partial charge < -0.3 is 14.4 Å². The van der Waals surface area contributed by atoms with Crippen molar-refractivity contribution >= 4 is 17.3 Å². The lowest BCUT2D eigenvalue weighted by Gasteiger charge is -2.33. The van der Waals surface area contributed by atoms with E-state index >= 15 is 0 Å². The number of quaternary nitrogens is 1. The number of nitrogens with one attached hydrogen (secondary N) is 1. The lowest BCUT2D eigenvalue weighted by Crippen LogP contribution is -3.15. The zero-order valence-corrected chi connectivity index (χ0v) is 17.5. The SMILES string of the molecule is CC(=O)c1ccc(N2CC[NH+](CC(=O)c3cc(C)n(CC(F)(F)F)c3C)CC2)cc1. The molecule has 0 spiro atoms. The summed E-state index contributed by atoms with van der Waals surface area (Å²) in [6, 6.07) is 9.06. The van der Waals surface area contributed by atoms with Crippen molar-refractivity contribution in [1.29, 1.82) is 0 Å². The molecule has 30 heavy (non-hydrogen) atoms. The number of carbonyl (C=O) groups is 2. The minimum Gasteiger partial charge on any atom is -0.360 e. The van der Waals surface area contributed by atoms with Crippen molar-refractivity contribution < 1.29 is 27.7 Å². The summed E-state index contributed by atoms with van der Waals surface area (Å²) >= 11 is 0. The number of benzene rings is 1. The summed E-state index contributed by atoms with van der Waals surface area (Å²) in [5.74, 6) is -0.0882. The molecule has 1 aliphatic rings. The van der Waals surface area contributed by atoms with Crippen LogP contribution in [0.4, 0.5) is 18.9 Å². The number of hydrogen-bond donors (Lipinski definition) is 1. The summed E-state index contributed by atoms with van der Waals surface area (Å²) in [6.45, 7) is 6.98. The minimum absolute atomic E-state index is 0.0314. The predicted octanol–water partition coefficient (Wildman–Crippen LogP) is 2.46. The van der Waals surface area contributed by atoms with Gasteiger partial charge in [-0.2, -0.15) is 13.2 Å². The maximum Gasteiger partial charge on any atom is 0.406 e. The summed E-state index contributed by atoms with van der Waals surface area (Å²) in [5.41, 5.74) is 2.92. The third-order valence-electron chi connectivity index (χ3n) is 5.73. The number of halogens is 3. The molecule has 1 saturated heterocycles. The second kappa shape index (κ2) is 8.63. The number of hydrogen-bond acceptors (Lipinski definition) is 3. The highest BCUT2D eigenvalue weighted by atomic mass is 19.4. The Labute approximate surface area is 174 Å². The third kappa shape index (κ3) is 5.11. The molecule has 2 aromatic rings. The summed E-state index contributed by atoms with van der Waals surface area (Å²) in [4.78, 5) is 27.5. The van der Waals surface area contributed by atoms with Crippen LogP contribution in [0.5, 0.6) is 0 Å². The Hall–Kier alpha value is -2.61. The molecule has 0 amide bonds. The number of aryl methyl sites for hydroxylation is 1. The van der Waals surface area contributed by atoms with Gasteiger partial charge in [0.15, 0.2) is 5.78 Å². The summed E-state index contributed by atoms with van der Waals surface area (Å²) in [6.07, 6.45) is -4.32. The average Bonchev–Trinajstić information content (AvgIpc) is 2.96. The average molecular weight is 422 g/mol. The molecule has 0 bridgehead atoms. The fraction of sp³-hybridized carbons (Fsp3) is 0.455. The Morgan fingerprint density at radius 2 is 1.67 bits per heavy atom. The number of aromatic nitrogens is 1. The van der Waals surface area contributed by atoms with Crippen molar-refractivity contribution in [2.24, 2.45) is 0 Å². The lowest BCUT2D eigenvalue weighted by molar-refractivity contribution is -0.892. The fourth-order valence-electron chi connectivity index (χ4n) is 3.99. The topological polar surface area (TPSA) is 46.8 Å². The van der Waals surface area contributed by atoms with E-state index in [-0.39, 0.29) is 18.1 Å². The number of anilines is 1. The Morgan fingerprint density at radius 1 is 1.07 bits per heavy atom. The van der Waals surface area contributed by atoms with Crippen LogP contribution in [0.3, 0.4) is 0 Å². The Morgan fingerprint density at radius 3 is 2.20 bits per heavy atom. The maximum absolute atomic E-state index is 12.8. The highest BCUT2D eigenvalue weighted by molar-refractivity contribution is 5.98. The maximum atomic E-state index is 12.8. The molecule has 1 aromatic heterocycles. The van der Waals surface area contributed by atoms with Crippen LogP contribution in [0, 0.1) is 13.8 Å². The zero-order valence-electron chi connectivity index (χ0n) is 17.5. The van der Waals surface area contributed by atoms with Gasteiger partial charge in [0.05, 0.1) is 26.2 Å². The van der Waals surface area contributed by atoms with Crippen LogP contribution < -0.4 is 9.80 Å². The van der Waals surface area contributed by atoms with Crippen LogP contribution in [0.1, 0.15) is 39.0 Å². The smallest absolute Gasteiger partial charge is 0.360 e. The van der Waals surface area contributed by atoms with Gasteiger partial charge in [-0.1, -0.05) is 0 Å². The second-order valence-corrected chi connectivity index (χ2v) is 7.93. The van der Waals surface area contributed by atoms with Crippen molar-refractivity contribution in [2.75, 3.05) is 37.6 Å². The Kier molecular flexibility index (Phi) is 6.36. The number of alkyl halides is 3. The number of Topliss-reactive ketones (excluding diaryl/α,β-unsaturated/α-hetero) is 2. The number of piperazine rings is 1. The summed E-state index contributed by atoms with van der Waals surface area (Å²) in [7, 11) is 0. The molecule has 3 rings (SSSR count). The zero-order chi connectivity index (χ0) is 22.1. The first-order chi connectivity index (χ1) is 14.0. The number of ketones is 2. The molecular formula is C22H27F3N3O2+. The molecule has 1 aliphatic heterocycles. The first kappa shape index (κ1) is 22.1. The van der Waals surface area contributed by atoms with E-state index in [1.165, 1.54) is 6.92 Å². The van der Waals surface area contributed by atoms with E-state index in [1.54, 1.807) is 19.9 Å². The normalized spacial score (nSPS) is 15.5. The van der Waals surface area contributed by atoms with Gasteiger partial charge in [-0.25, -0.2) is 0 Å². The number of nitrogens with zero attached hydrogens (tertiary/aromatic N) is 2. The van der Waals surface area contributed by atoms with Gasteiger partial charge in [-0.15, -0.1) is 0 Å². The van der Waals surface area contributed by atoms with Gasteiger partial charge in [0.2, 0.25) is 5.78 Å². The molecule has 0 saturated carbocycles. The molecule has 5 nitrogen and oxygen atoms in total. The molecule has 162 valence electrons. The van der Waals surface area contributed by atoms with Crippen LogP contribution in [-0.4, -0.2) is 55.0 Å². The van der Waals surface area contributed by atoms with Crippen LogP contribution in [0.15, 0.2) is 30.3 Å². The highest BCUT2D eigenvalue weighted by Gasteiger charge is 2.31. The van der Waals surface area contributed by atoms with Crippen molar-refractivity contribution in [2.45, 2.75) is 33.5 Å². The number of rotatable bonds is 6. The molecule has 0 radical (unpaired) electrons. The van der Waals surface area contributed by atoms with Crippen LogP contribution >= 0.6 is 0 Å². The predicted molar refractivity (Wildman–Crippen MR) is 109 cm³/mol. The first-order valence-electron chi connectivity index (χ1n) is 10.0. The molecule has 0 atom stereocenters. The second-order valence-electron chi connectivity index (χ2n) is 7.93. The molecule has 1 fully saturated rings. The number of carbonyl (C=O) groups excluding carboxylic acids is 2. The molecule has 8 heteroatoms. The van der Waals surface area contributed by atoms with E-state index in [9.17, 15) is 22.8 Å². The van der Waals surface area contributed by atoms with Gasteiger partial charge in [-0.3, -0.25) is 9.59 Å². The largest absolute Gasteiger partial charge is 0.406 e. The third-order valence-corrected chi connectivity index (χ3v) is 5.73. The van der Waals surface area contributed by atoms with Gasteiger partial charge >= 0.3 is 6.18 Å². The van der Waals surface area contributed by atoms with E-state index in [0.29, 0.717) is 22.5 Å². The molecule has 1 N–H and O–H groups in total. The highest BCUT2D eigenvalue weighted by Crippen LogP contribution is 2.23. The van der Waals surface area contributed by atoms with E-state index in [1.807, 2.05) is 24.3 Å². The van der Waals surface area contributed by atoms with Crippen LogP contribution in [0.25, 0.3) is 0 Å². The van der Waals surface area contributed by atoms with E-state index in [0.717, 1.165) is 41.3 Å². The fourth-order valence-corrected chi connectivity index (χ4v) is 3.99.